The van der Waals surface area contributed by atoms with E-state index in [0.717, 1.165) is 46.2 Å². The van der Waals surface area contributed by atoms with E-state index in [9.17, 15) is 20.0 Å². The number of pyridine rings is 2. The van der Waals surface area contributed by atoms with Crippen molar-refractivity contribution in [2.45, 2.75) is 57.3 Å². The number of carbonyl (C=O) groups excluding carboxylic acids is 1. The van der Waals surface area contributed by atoms with Crippen LogP contribution in [0.4, 0.5) is 0 Å². The molecular weight excluding hydrogens is 696 g/mol. The van der Waals surface area contributed by atoms with Crippen molar-refractivity contribution < 1.29 is 28.9 Å². The number of ether oxygens (including phenoxy) is 3. The fourth-order valence-electron chi connectivity index (χ4n) is 7.66. The number of hydrogen-bond acceptors (Lipinski definition) is 10. The number of carbonyl (C=O) groups is 2. The molecule has 4 heterocycles. The monoisotopic (exact) mass is 736 g/mol. The number of nitrogens with one attached hydrogen (secondary N) is 2. The first-order valence-corrected chi connectivity index (χ1v) is 18.2. The Morgan fingerprint density at radius 3 is 2.51 bits per heavy atom. The average molecular weight is 737 g/mol. The van der Waals surface area contributed by atoms with Gasteiger partial charge in [0.2, 0.25) is 23.5 Å². The standard InChI is InChI=1S/C40H41ClN6O6/c1-51-37-23(19-43-20-26-10-14-36(48)44-26)9-12-34(45-37)30-7-3-6-28(32(30)18-42)27-5-4-8-31-29(27)11-13-35(31)53-39-33(41)17-25(38(46-39)52-2)22-47-16-15-24(21-47)40(49)50/h3-9,12,17,24,26,35,43H,10-11,13-16,19-22H2,1-2H3,(H,44,48)(H,49,50)/t24-,26+,35+/m1/s1. The van der Waals surface area contributed by atoms with Crippen molar-refractivity contribution in [2.75, 3.05) is 33.9 Å². The molecule has 1 aliphatic carbocycles. The maximum atomic E-state index is 11.5. The molecule has 2 fully saturated rings. The molecular formula is C40H41ClN6O6. The van der Waals surface area contributed by atoms with E-state index in [-0.39, 0.29) is 29.9 Å². The summed E-state index contributed by atoms with van der Waals surface area (Å²) in [6.45, 7) is 2.79. The summed E-state index contributed by atoms with van der Waals surface area (Å²) < 4.78 is 17.7. The maximum Gasteiger partial charge on any atom is 0.307 e. The molecule has 3 N–H and O–H groups in total. The number of carboxylic acid groups (broad SMARTS) is 1. The third-order valence-electron chi connectivity index (χ3n) is 10.3. The third kappa shape index (κ3) is 7.64. The molecule has 13 heteroatoms. The van der Waals surface area contributed by atoms with Crippen molar-refractivity contribution in [1.29, 1.82) is 5.26 Å². The van der Waals surface area contributed by atoms with E-state index in [1.165, 1.54) is 0 Å². The fraction of sp³-hybridized carbons (Fsp3) is 0.375. The molecule has 4 aromatic rings. The molecule has 1 amide bonds. The van der Waals surface area contributed by atoms with Gasteiger partial charge in [0.05, 0.1) is 31.4 Å². The molecule has 7 rings (SSSR count). The summed E-state index contributed by atoms with van der Waals surface area (Å²) in [5.74, 6) is 0.0505. The topological polar surface area (TPSA) is 159 Å². The fourth-order valence-corrected chi connectivity index (χ4v) is 7.88. The lowest BCUT2D eigenvalue weighted by atomic mass is 9.90. The number of fused-ring (bicyclic) bond motifs is 1. The number of carboxylic acids is 1. The SMILES string of the molecule is COc1nc(-c2cccc(-c3cccc4c3CC[C@@H]4Oc3nc(OC)c(CN4CC[C@@H](C(=O)O)C4)cc3Cl)c2C#N)ccc1CNC[C@@H]1CCC(=O)N1. The van der Waals surface area contributed by atoms with Crippen molar-refractivity contribution in [2.24, 2.45) is 5.92 Å². The Balaban J connectivity index is 1.10. The minimum atomic E-state index is -0.781. The van der Waals surface area contributed by atoms with Crippen molar-refractivity contribution in [1.82, 2.24) is 25.5 Å². The molecule has 2 aromatic carbocycles. The van der Waals surface area contributed by atoms with Gasteiger partial charge < -0.3 is 30.0 Å². The minimum absolute atomic E-state index is 0.0866. The highest BCUT2D eigenvalue weighted by Crippen LogP contribution is 2.43. The Morgan fingerprint density at radius 2 is 1.77 bits per heavy atom. The average Bonchev–Trinajstić information content (AvgIpc) is 3.92. The molecule has 53 heavy (non-hydrogen) atoms. The summed E-state index contributed by atoms with van der Waals surface area (Å²) in [7, 11) is 3.13. The molecule has 0 unspecified atom stereocenters. The van der Waals surface area contributed by atoms with Crippen molar-refractivity contribution in [3.63, 3.8) is 0 Å². The van der Waals surface area contributed by atoms with Crippen LogP contribution in [0.3, 0.4) is 0 Å². The first kappa shape index (κ1) is 36.2. The second-order valence-electron chi connectivity index (χ2n) is 13.7. The summed E-state index contributed by atoms with van der Waals surface area (Å²) in [4.78, 5) is 34.5. The van der Waals surface area contributed by atoms with Crippen LogP contribution in [0.15, 0.2) is 54.6 Å². The van der Waals surface area contributed by atoms with Crippen LogP contribution in [0.5, 0.6) is 17.6 Å². The second kappa shape index (κ2) is 15.8. The summed E-state index contributed by atoms with van der Waals surface area (Å²) in [6.07, 6.45) is 3.09. The largest absolute Gasteiger partial charge is 0.481 e. The van der Waals surface area contributed by atoms with Crippen LogP contribution in [-0.2, 0) is 29.1 Å². The van der Waals surface area contributed by atoms with Gasteiger partial charge in [-0.1, -0.05) is 54.1 Å². The number of nitriles is 1. The Hall–Kier alpha value is -5.22. The lowest BCUT2D eigenvalue weighted by molar-refractivity contribution is -0.141. The van der Waals surface area contributed by atoms with Gasteiger partial charge in [0.1, 0.15) is 17.2 Å². The predicted octanol–water partition coefficient (Wildman–Crippen LogP) is 5.69. The van der Waals surface area contributed by atoms with Gasteiger partial charge in [-0.2, -0.15) is 10.2 Å². The molecule has 0 saturated carbocycles. The highest BCUT2D eigenvalue weighted by Gasteiger charge is 2.31. The highest BCUT2D eigenvalue weighted by atomic mass is 35.5. The van der Waals surface area contributed by atoms with Crippen LogP contribution >= 0.6 is 11.6 Å². The van der Waals surface area contributed by atoms with E-state index >= 15 is 0 Å². The predicted molar refractivity (Wildman–Crippen MR) is 198 cm³/mol. The lowest BCUT2D eigenvalue weighted by Crippen LogP contribution is -2.35. The Bertz CT molecular complexity index is 2090. The van der Waals surface area contributed by atoms with E-state index in [1.807, 2.05) is 48.5 Å². The second-order valence-corrected chi connectivity index (χ2v) is 14.1. The third-order valence-corrected chi connectivity index (χ3v) is 10.6. The molecule has 2 aromatic heterocycles. The van der Waals surface area contributed by atoms with E-state index in [2.05, 4.69) is 26.6 Å². The summed E-state index contributed by atoms with van der Waals surface area (Å²) in [5, 5.41) is 26.6. The Kier molecular flexibility index (Phi) is 10.8. The van der Waals surface area contributed by atoms with Gasteiger partial charge in [-0.25, -0.2) is 4.98 Å². The van der Waals surface area contributed by atoms with Crippen LogP contribution in [0.2, 0.25) is 5.02 Å². The van der Waals surface area contributed by atoms with Crippen molar-refractivity contribution >= 4 is 23.5 Å². The number of rotatable bonds is 13. The van der Waals surface area contributed by atoms with Gasteiger partial charge in [0, 0.05) is 60.9 Å². The maximum absolute atomic E-state index is 11.5. The van der Waals surface area contributed by atoms with E-state index in [0.29, 0.717) is 85.6 Å². The number of aromatic nitrogens is 2. The number of likely N-dealkylation sites (tertiary alicyclic amines) is 1. The molecule has 3 aliphatic rings. The number of halogens is 1. The molecule has 12 nitrogen and oxygen atoms in total. The number of benzene rings is 2. The molecule has 2 saturated heterocycles. The Labute approximate surface area is 313 Å². The number of hydrogen-bond donors (Lipinski definition) is 3. The summed E-state index contributed by atoms with van der Waals surface area (Å²) in [5.41, 5.74) is 7.35. The van der Waals surface area contributed by atoms with Gasteiger partial charge >= 0.3 is 5.97 Å². The van der Waals surface area contributed by atoms with Gasteiger partial charge in [-0.3, -0.25) is 14.5 Å². The first-order valence-electron chi connectivity index (χ1n) is 17.8. The smallest absolute Gasteiger partial charge is 0.307 e. The zero-order valence-electron chi connectivity index (χ0n) is 29.7. The number of amides is 1. The lowest BCUT2D eigenvalue weighted by Gasteiger charge is -2.20. The number of nitrogens with zero attached hydrogens (tertiary/aromatic N) is 4. The normalized spacial score (nSPS) is 19.4. The first-order chi connectivity index (χ1) is 25.8. The Morgan fingerprint density at radius 1 is 1.00 bits per heavy atom. The zero-order chi connectivity index (χ0) is 37.1. The van der Waals surface area contributed by atoms with E-state index in [4.69, 9.17) is 30.8 Å². The van der Waals surface area contributed by atoms with Crippen molar-refractivity contribution in [3.8, 4) is 46.1 Å². The zero-order valence-corrected chi connectivity index (χ0v) is 30.4. The summed E-state index contributed by atoms with van der Waals surface area (Å²) in [6, 6.07) is 20.1. The molecule has 0 spiro atoms. The van der Waals surface area contributed by atoms with Crippen molar-refractivity contribution in [3.05, 3.63) is 87.4 Å². The van der Waals surface area contributed by atoms with Crippen LogP contribution in [0, 0.1) is 17.2 Å². The molecule has 0 radical (unpaired) electrons. The van der Waals surface area contributed by atoms with Crippen LogP contribution in [0.25, 0.3) is 22.4 Å². The van der Waals surface area contributed by atoms with E-state index < -0.39 is 5.97 Å². The van der Waals surface area contributed by atoms with Gasteiger partial charge in [-0.15, -0.1) is 0 Å². The molecule has 274 valence electrons. The van der Waals surface area contributed by atoms with Gasteiger partial charge in [0.25, 0.3) is 0 Å². The van der Waals surface area contributed by atoms with E-state index in [1.54, 1.807) is 20.3 Å². The van der Waals surface area contributed by atoms with Gasteiger partial charge in [0.15, 0.2) is 0 Å². The molecule has 0 bridgehead atoms. The highest BCUT2D eigenvalue weighted by molar-refractivity contribution is 6.31. The molecule has 2 aliphatic heterocycles. The van der Waals surface area contributed by atoms with Crippen LogP contribution < -0.4 is 24.8 Å². The minimum Gasteiger partial charge on any atom is -0.481 e. The molecule has 3 atom stereocenters. The summed E-state index contributed by atoms with van der Waals surface area (Å²) >= 11 is 6.73. The number of aliphatic carboxylic acids is 1. The van der Waals surface area contributed by atoms with Crippen LogP contribution in [-0.4, -0.2) is 71.7 Å². The van der Waals surface area contributed by atoms with Gasteiger partial charge in [-0.05, 0) is 61.1 Å². The number of methoxy groups -OCH3 is 2. The quantitative estimate of drug-likeness (QED) is 0.155. The van der Waals surface area contributed by atoms with Crippen LogP contribution in [0.1, 0.15) is 59.6 Å².